The van der Waals surface area contributed by atoms with Gasteiger partial charge in [-0.25, -0.2) is 4.79 Å². The molecule has 1 fully saturated rings. The fourth-order valence-corrected chi connectivity index (χ4v) is 2.71. The molecule has 2 rings (SSSR count). The van der Waals surface area contributed by atoms with Crippen molar-refractivity contribution in [2.45, 2.75) is 26.2 Å². The van der Waals surface area contributed by atoms with Crippen molar-refractivity contribution in [3.8, 4) is 0 Å². The molecule has 0 aromatic heterocycles. The first-order valence-corrected chi connectivity index (χ1v) is 8.12. The van der Waals surface area contributed by atoms with Gasteiger partial charge >= 0.3 is 6.03 Å². The molecule has 1 N–H and O–H groups in total. The van der Waals surface area contributed by atoms with E-state index in [2.05, 4.69) is 23.2 Å². The Morgan fingerprint density at radius 2 is 2.00 bits per heavy atom. The zero-order valence-electron chi connectivity index (χ0n) is 12.6. The summed E-state index contributed by atoms with van der Waals surface area (Å²) in [4.78, 5) is 16.2. The number of nitrogens with one attached hydrogen (secondary N) is 1. The molecule has 1 aromatic rings. The Morgan fingerprint density at radius 3 is 2.67 bits per heavy atom. The highest BCUT2D eigenvalue weighted by molar-refractivity contribution is 6.30. The van der Waals surface area contributed by atoms with Crippen LogP contribution in [0.1, 0.15) is 26.2 Å². The van der Waals surface area contributed by atoms with Crippen molar-refractivity contribution < 1.29 is 4.79 Å². The number of carbonyl (C=O) groups excluding carboxylic acids is 1. The minimum Gasteiger partial charge on any atom is -0.368 e. The number of halogens is 1. The summed E-state index contributed by atoms with van der Waals surface area (Å²) in [7, 11) is 0. The first-order valence-electron chi connectivity index (χ1n) is 7.74. The highest BCUT2D eigenvalue weighted by Gasteiger charge is 2.20. The standard InChI is InChI=1S/C16H24ClN3O/c1-2-3-4-8-18-16(21)20-11-9-19(10-12-20)15-7-5-6-14(17)13-15/h5-7,13H,2-4,8-12H2,1H3,(H,18,21). The van der Waals surface area contributed by atoms with E-state index in [0.717, 1.165) is 49.9 Å². The lowest BCUT2D eigenvalue weighted by Crippen LogP contribution is -2.52. The molecule has 0 atom stereocenters. The Kier molecular flexibility index (Phi) is 6.18. The van der Waals surface area contributed by atoms with Crippen LogP contribution in [0.4, 0.5) is 10.5 Å². The van der Waals surface area contributed by atoms with Crippen molar-refractivity contribution in [2.24, 2.45) is 0 Å². The van der Waals surface area contributed by atoms with Crippen molar-refractivity contribution in [1.82, 2.24) is 10.2 Å². The van der Waals surface area contributed by atoms with E-state index >= 15 is 0 Å². The summed E-state index contributed by atoms with van der Waals surface area (Å²) in [5.41, 5.74) is 1.13. The second kappa shape index (κ2) is 8.13. The Hall–Kier alpha value is -1.42. The fraction of sp³-hybridized carbons (Fsp3) is 0.562. The second-order valence-electron chi connectivity index (χ2n) is 5.39. The van der Waals surface area contributed by atoms with Crippen LogP contribution < -0.4 is 10.2 Å². The van der Waals surface area contributed by atoms with Gasteiger partial charge in [0.05, 0.1) is 0 Å². The number of rotatable bonds is 5. The molecule has 5 heteroatoms. The molecule has 1 aliphatic heterocycles. The normalized spacial score (nSPS) is 15.1. The second-order valence-corrected chi connectivity index (χ2v) is 5.83. The molecule has 4 nitrogen and oxygen atoms in total. The molecular formula is C16H24ClN3O. The molecule has 0 unspecified atom stereocenters. The number of amides is 2. The zero-order valence-corrected chi connectivity index (χ0v) is 13.4. The number of hydrogen-bond acceptors (Lipinski definition) is 2. The lowest BCUT2D eigenvalue weighted by molar-refractivity contribution is 0.194. The van der Waals surface area contributed by atoms with Crippen LogP contribution in [-0.4, -0.2) is 43.7 Å². The van der Waals surface area contributed by atoms with Crippen LogP contribution in [0.15, 0.2) is 24.3 Å². The summed E-state index contributed by atoms with van der Waals surface area (Å²) in [5.74, 6) is 0. The Balaban J connectivity index is 1.76. The van der Waals surface area contributed by atoms with Crippen molar-refractivity contribution in [3.63, 3.8) is 0 Å². The van der Waals surface area contributed by atoms with Crippen LogP contribution in [0, 0.1) is 0 Å². The number of urea groups is 1. The van der Waals surface area contributed by atoms with E-state index in [4.69, 9.17) is 11.6 Å². The number of anilines is 1. The molecule has 116 valence electrons. The van der Waals surface area contributed by atoms with E-state index < -0.39 is 0 Å². The average molecular weight is 310 g/mol. The molecule has 1 aliphatic rings. The van der Waals surface area contributed by atoms with Gasteiger partial charge in [-0.15, -0.1) is 0 Å². The van der Waals surface area contributed by atoms with Gasteiger partial charge in [0.1, 0.15) is 0 Å². The smallest absolute Gasteiger partial charge is 0.317 e. The van der Waals surface area contributed by atoms with Gasteiger partial charge in [-0.1, -0.05) is 37.4 Å². The van der Waals surface area contributed by atoms with Crippen LogP contribution in [0.3, 0.4) is 0 Å². The monoisotopic (exact) mass is 309 g/mol. The summed E-state index contributed by atoms with van der Waals surface area (Å²) in [5, 5.41) is 3.75. The molecule has 2 amide bonds. The van der Waals surface area contributed by atoms with Crippen molar-refractivity contribution in [2.75, 3.05) is 37.6 Å². The van der Waals surface area contributed by atoms with Crippen molar-refractivity contribution in [3.05, 3.63) is 29.3 Å². The van der Waals surface area contributed by atoms with Gasteiger partial charge in [-0.3, -0.25) is 0 Å². The lowest BCUT2D eigenvalue weighted by Gasteiger charge is -2.36. The van der Waals surface area contributed by atoms with Crippen LogP contribution in [0.5, 0.6) is 0 Å². The van der Waals surface area contributed by atoms with Crippen LogP contribution in [-0.2, 0) is 0 Å². The highest BCUT2D eigenvalue weighted by Crippen LogP contribution is 2.20. The van der Waals surface area contributed by atoms with E-state index in [9.17, 15) is 4.79 Å². The van der Waals surface area contributed by atoms with E-state index in [1.165, 1.54) is 12.8 Å². The van der Waals surface area contributed by atoms with Gasteiger partial charge < -0.3 is 15.1 Å². The third-order valence-corrected chi connectivity index (χ3v) is 4.03. The van der Waals surface area contributed by atoms with E-state index in [-0.39, 0.29) is 6.03 Å². The largest absolute Gasteiger partial charge is 0.368 e. The molecule has 0 aliphatic carbocycles. The average Bonchev–Trinajstić information content (AvgIpc) is 2.51. The van der Waals surface area contributed by atoms with Crippen LogP contribution in [0.25, 0.3) is 0 Å². The predicted molar refractivity (Wildman–Crippen MR) is 88.2 cm³/mol. The Bertz CT molecular complexity index is 459. The maximum Gasteiger partial charge on any atom is 0.317 e. The van der Waals surface area contributed by atoms with Gasteiger partial charge in [-0.2, -0.15) is 0 Å². The van der Waals surface area contributed by atoms with Gasteiger partial charge in [0.2, 0.25) is 0 Å². The molecule has 1 heterocycles. The summed E-state index contributed by atoms with van der Waals surface area (Å²) in [6, 6.07) is 7.95. The number of nitrogens with zero attached hydrogens (tertiary/aromatic N) is 2. The molecule has 0 radical (unpaired) electrons. The van der Waals surface area contributed by atoms with E-state index in [1.54, 1.807) is 0 Å². The fourth-order valence-electron chi connectivity index (χ4n) is 2.52. The number of unbranched alkanes of at least 4 members (excludes halogenated alkanes) is 2. The molecular weight excluding hydrogens is 286 g/mol. The van der Waals surface area contributed by atoms with Crippen molar-refractivity contribution >= 4 is 23.3 Å². The van der Waals surface area contributed by atoms with Gasteiger partial charge in [0.25, 0.3) is 0 Å². The first-order chi connectivity index (χ1) is 10.2. The summed E-state index contributed by atoms with van der Waals surface area (Å²) in [6.07, 6.45) is 3.40. The molecule has 21 heavy (non-hydrogen) atoms. The molecule has 0 bridgehead atoms. The van der Waals surface area contributed by atoms with Gasteiger partial charge in [-0.05, 0) is 24.6 Å². The maximum absolute atomic E-state index is 12.0. The highest BCUT2D eigenvalue weighted by atomic mass is 35.5. The SMILES string of the molecule is CCCCCNC(=O)N1CCN(c2cccc(Cl)c2)CC1. The summed E-state index contributed by atoms with van der Waals surface area (Å²) in [6.45, 7) is 6.15. The van der Waals surface area contributed by atoms with E-state index in [1.807, 2.05) is 23.1 Å². The predicted octanol–water partition coefficient (Wildman–Crippen LogP) is 3.36. The quantitative estimate of drug-likeness (QED) is 0.847. The molecule has 0 spiro atoms. The number of carbonyl (C=O) groups is 1. The van der Waals surface area contributed by atoms with Crippen LogP contribution >= 0.6 is 11.6 Å². The van der Waals surface area contributed by atoms with Gasteiger partial charge in [0, 0.05) is 43.4 Å². The number of hydrogen-bond donors (Lipinski definition) is 1. The minimum atomic E-state index is 0.0665. The van der Waals surface area contributed by atoms with Crippen LogP contribution in [0.2, 0.25) is 5.02 Å². The van der Waals surface area contributed by atoms with Gasteiger partial charge in [0.15, 0.2) is 0 Å². The zero-order chi connectivity index (χ0) is 15.1. The first kappa shape index (κ1) is 16.0. The lowest BCUT2D eigenvalue weighted by atomic mass is 10.2. The van der Waals surface area contributed by atoms with E-state index in [0.29, 0.717) is 0 Å². The molecule has 1 aromatic carbocycles. The van der Waals surface area contributed by atoms with Crippen molar-refractivity contribution in [1.29, 1.82) is 0 Å². The number of piperazine rings is 1. The Labute approximate surface area is 132 Å². The Morgan fingerprint density at radius 1 is 1.24 bits per heavy atom. The molecule has 0 saturated carbocycles. The summed E-state index contributed by atoms with van der Waals surface area (Å²) >= 11 is 6.02. The maximum atomic E-state index is 12.0. The third-order valence-electron chi connectivity index (χ3n) is 3.80. The summed E-state index contributed by atoms with van der Waals surface area (Å²) < 4.78 is 0. The minimum absolute atomic E-state index is 0.0665. The third kappa shape index (κ3) is 4.81. The molecule has 1 saturated heterocycles. The number of benzene rings is 1. The topological polar surface area (TPSA) is 35.6 Å².